The lowest BCUT2D eigenvalue weighted by Gasteiger charge is -2.27. The second-order valence-electron chi connectivity index (χ2n) is 5.39. The molecule has 126 valence electrons. The zero-order valence-corrected chi connectivity index (χ0v) is 13.4. The van der Waals surface area contributed by atoms with Gasteiger partial charge in [-0.25, -0.2) is 4.79 Å². The number of anilines is 1. The van der Waals surface area contributed by atoms with E-state index in [-0.39, 0.29) is 5.95 Å². The Bertz CT molecular complexity index is 878. The van der Waals surface area contributed by atoms with Gasteiger partial charge in [0.05, 0.1) is 6.54 Å². The van der Waals surface area contributed by atoms with Gasteiger partial charge in [-0.3, -0.25) is 5.32 Å². The van der Waals surface area contributed by atoms with Crippen molar-refractivity contribution in [3.05, 3.63) is 59.7 Å². The molecule has 0 spiro atoms. The maximum Gasteiger partial charge on any atom is 0.415 e. The van der Waals surface area contributed by atoms with Crippen molar-refractivity contribution in [3.63, 3.8) is 0 Å². The van der Waals surface area contributed by atoms with Crippen LogP contribution in [0, 0.1) is 0 Å². The lowest BCUT2D eigenvalue weighted by molar-refractivity contribution is 0.125. The Morgan fingerprint density at radius 3 is 2.40 bits per heavy atom. The Morgan fingerprint density at radius 1 is 1.16 bits per heavy atom. The van der Waals surface area contributed by atoms with Gasteiger partial charge in [-0.1, -0.05) is 41.5 Å². The first kappa shape index (κ1) is 15.1. The number of nitrogens with zero attached hydrogens (tertiary/aromatic N) is 4. The standard InChI is InChI=1S/C17H15N5O3/c1-2-22-20-16(19-21-22)18-17(23)25-15-11-7-3-5-9-13(11)24-14-10-6-4-8-12(14)15/h3-10,15H,2H2,1H3,(H,18,20,23). The number of fused-ring (bicyclic) bond motifs is 2. The average molecular weight is 337 g/mol. The highest BCUT2D eigenvalue weighted by molar-refractivity contribution is 5.82. The van der Waals surface area contributed by atoms with Crippen molar-refractivity contribution in [2.45, 2.75) is 19.6 Å². The number of benzene rings is 2. The number of hydrogen-bond donors (Lipinski definition) is 1. The van der Waals surface area contributed by atoms with Gasteiger partial charge >= 0.3 is 6.09 Å². The predicted octanol–water partition coefficient (Wildman–Crippen LogP) is 3.14. The molecule has 0 bridgehead atoms. The number of aryl methyl sites for hydroxylation is 1. The van der Waals surface area contributed by atoms with E-state index in [1.165, 1.54) is 4.80 Å². The number of aromatic nitrogens is 4. The predicted molar refractivity (Wildman–Crippen MR) is 88.4 cm³/mol. The molecule has 0 fully saturated rings. The van der Waals surface area contributed by atoms with Gasteiger partial charge in [-0.15, -0.1) is 5.10 Å². The molecule has 0 saturated carbocycles. The summed E-state index contributed by atoms with van der Waals surface area (Å²) in [6, 6.07) is 14.9. The number of carbonyl (C=O) groups excluding carboxylic acids is 1. The summed E-state index contributed by atoms with van der Waals surface area (Å²) in [5.41, 5.74) is 1.56. The molecule has 8 heteroatoms. The minimum absolute atomic E-state index is 0.0977. The van der Waals surface area contributed by atoms with Crippen LogP contribution in [0.25, 0.3) is 0 Å². The molecular weight excluding hydrogens is 322 g/mol. The Hall–Kier alpha value is -3.42. The molecule has 2 heterocycles. The van der Waals surface area contributed by atoms with Crippen LogP contribution >= 0.6 is 0 Å². The third kappa shape index (κ3) is 2.89. The minimum Gasteiger partial charge on any atom is -0.456 e. The van der Waals surface area contributed by atoms with E-state index in [2.05, 4.69) is 20.7 Å². The van der Waals surface area contributed by atoms with Gasteiger partial charge < -0.3 is 9.47 Å². The molecule has 0 unspecified atom stereocenters. The summed E-state index contributed by atoms with van der Waals surface area (Å²) >= 11 is 0. The van der Waals surface area contributed by atoms with Crippen molar-refractivity contribution < 1.29 is 14.3 Å². The second-order valence-corrected chi connectivity index (χ2v) is 5.39. The van der Waals surface area contributed by atoms with Gasteiger partial charge in [0.15, 0.2) is 6.10 Å². The third-order valence-corrected chi connectivity index (χ3v) is 3.80. The first-order valence-corrected chi connectivity index (χ1v) is 7.85. The van der Waals surface area contributed by atoms with Gasteiger partial charge in [0.1, 0.15) is 11.5 Å². The van der Waals surface area contributed by atoms with Crippen LogP contribution in [0.5, 0.6) is 11.5 Å². The molecule has 0 radical (unpaired) electrons. The first-order chi connectivity index (χ1) is 12.2. The second kappa shape index (κ2) is 6.23. The number of hydrogen-bond acceptors (Lipinski definition) is 6. The van der Waals surface area contributed by atoms with Gasteiger partial charge in [-0.05, 0) is 24.3 Å². The smallest absolute Gasteiger partial charge is 0.415 e. The molecule has 0 saturated heterocycles. The quantitative estimate of drug-likeness (QED) is 0.789. The van der Waals surface area contributed by atoms with Gasteiger partial charge in [0.2, 0.25) is 0 Å². The molecule has 1 N–H and O–H groups in total. The van der Waals surface area contributed by atoms with Crippen molar-refractivity contribution in [1.82, 2.24) is 20.2 Å². The summed E-state index contributed by atoms with van der Waals surface area (Å²) in [5.74, 6) is 1.42. The Labute approximate surface area is 143 Å². The minimum atomic E-state index is -0.660. The highest BCUT2D eigenvalue weighted by atomic mass is 16.6. The first-order valence-electron chi connectivity index (χ1n) is 7.85. The highest BCUT2D eigenvalue weighted by Gasteiger charge is 2.30. The largest absolute Gasteiger partial charge is 0.456 e. The number of ether oxygens (including phenoxy) is 2. The van der Waals surface area contributed by atoms with Crippen LogP contribution < -0.4 is 10.1 Å². The van der Waals surface area contributed by atoms with Crippen molar-refractivity contribution in [2.24, 2.45) is 0 Å². The molecule has 25 heavy (non-hydrogen) atoms. The monoisotopic (exact) mass is 337 g/mol. The Kier molecular flexibility index (Phi) is 3.77. The summed E-state index contributed by atoms with van der Waals surface area (Å²) in [6.45, 7) is 2.43. The normalized spacial score (nSPS) is 12.7. The van der Waals surface area contributed by atoms with Crippen molar-refractivity contribution in [2.75, 3.05) is 5.32 Å². The van der Waals surface area contributed by atoms with E-state index in [0.717, 1.165) is 11.1 Å². The van der Waals surface area contributed by atoms with E-state index < -0.39 is 12.2 Å². The maximum absolute atomic E-state index is 12.3. The van der Waals surface area contributed by atoms with Crippen LogP contribution in [0.4, 0.5) is 10.7 Å². The number of tetrazole rings is 1. The summed E-state index contributed by atoms with van der Waals surface area (Å²) in [6.07, 6.45) is -1.24. The maximum atomic E-state index is 12.3. The molecule has 8 nitrogen and oxygen atoms in total. The van der Waals surface area contributed by atoms with E-state index in [4.69, 9.17) is 9.47 Å². The van der Waals surface area contributed by atoms with E-state index >= 15 is 0 Å². The fraction of sp³-hybridized carbons (Fsp3) is 0.176. The zero-order chi connectivity index (χ0) is 17.2. The van der Waals surface area contributed by atoms with Crippen LogP contribution in [-0.4, -0.2) is 26.3 Å². The Balaban J connectivity index is 1.60. The molecule has 1 amide bonds. The van der Waals surface area contributed by atoms with Crippen LogP contribution in [-0.2, 0) is 11.3 Å². The highest BCUT2D eigenvalue weighted by Crippen LogP contribution is 2.44. The van der Waals surface area contributed by atoms with E-state index in [0.29, 0.717) is 18.0 Å². The Morgan fingerprint density at radius 2 is 1.80 bits per heavy atom. The van der Waals surface area contributed by atoms with Crippen molar-refractivity contribution >= 4 is 12.0 Å². The summed E-state index contributed by atoms with van der Waals surface area (Å²) in [7, 11) is 0. The van der Waals surface area contributed by atoms with E-state index in [1.807, 2.05) is 55.5 Å². The average Bonchev–Trinajstić information content (AvgIpc) is 3.09. The van der Waals surface area contributed by atoms with E-state index in [9.17, 15) is 4.79 Å². The van der Waals surface area contributed by atoms with Gasteiger partial charge in [0.25, 0.3) is 5.95 Å². The van der Waals surface area contributed by atoms with E-state index in [1.54, 1.807) is 0 Å². The molecule has 4 rings (SSSR count). The molecule has 0 aliphatic carbocycles. The van der Waals surface area contributed by atoms with Gasteiger partial charge in [0, 0.05) is 11.1 Å². The SMILES string of the molecule is CCn1nnc(NC(=O)OC2c3ccccc3Oc3ccccc32)n1. The molecular formula is C17H15N5O3. The van der Waals surface area contributed by atoms with Crippen molar-refractivity contribution in [3.8, 4) is 11.5 Å². The number of rotatable bonds is 3. The van der Waals surface area contributed by atoms with Crippen molar-refractivity contribution in [1.29, 1.82) is 0 Å². The summed E-state index contributed by atoms with van der Waals surface area (Å²) < 4.78 is 11.5. The summed E-state index contributed by atoms with van der Waals surface area (Å²) in [5, 5.41) is 14.1. The third-order valence-electron chi connectivity index (χ3n) is 3.80. The fourth-order valence-electron chi connectivity index (χ4n) is 2.65. The molecule has 0 atom stereocenters. The fourth-order valence-corrected chi connectivity index (χ4v) is 2.65. The summed E-state index contributed by atoms with van der Waals surface area (Å²) in [4.78, 5) is 13.7. The molecule has 1 aliphatic heterocycles. The molecule has 2 aromatic carbocycles. The van der Waals surface area contributed by atoms with Crippen LogP contribution in [0.15, 0.2) is 48.5 Å². The number of nitrogens with one attached hydrogen (secondary N) is 1. The number of para-hydroxylation sites is 2. The number of amides is 1. The molecule has 3 aromatic rings. The van der Waals surface area contributed by atoms with Crippen LogP contribution in [0.1, 0.15) is 24.2 Å². The van der Waals surface area contributed by atoms with Crippen LogP contribution in [0.2, 0.25) is 0 Å². The molecule has 1 aromatic heterocycles. The molecule has 1 aliphatic rings. The number of carbonyl (C=O) groups is 1. The zero-order valence-electron chi connectivity index (χ0n) is 13.4. The van der Waals surface area contributed by atoms with Crippen LogP contribution in [0.3, 0.4) is 0 Å². The lowest BCUT2D eigenvalue weighted by atomic mass is 9.97. The van der Waals surface area contributed by atoms with Gasteiger partial charge in [-0.2, -0.15) is 4.80 Å². The lowest BCUT2D eigenvalue weighted by Crippen LogP contribution is -2.21. The topological polar surface area (TPSA) is 91.2 Å².